The Kier molecular flexibility index (Phi) is 4.81. The van der Waals surface area contributed by atoms with Crippen molar-refractivity contribution in [2.75, 3.05) is 25.0 Å². The number of aliphatic imine (C=N–C) groups is 1. The van der Waals surface area contributed by atoms with Crippen LogP contribution in [0.3, 0.4) is 0 Å². The van der Waals surface area contributed by atoms with Crippen LogP contribution in [0, 0.1) is 12.7 Å². The Hall–Kier alpha value is -2.70. The molecule has 1 saturated heterocycles. The molecule has 3 heterocycles. The number of piperazine rings is 1. The summed E-state index contributed by atoms with van der Waals surface area (Å²) in [7, 11) is 0. The van der Waals surface area contributed by atoms with Gasteiger partial charge in [-0.1, -0.05) is 24.3 Å². The van der Waals surface area contributed by atoms with Gasteiger partial charge in [-0.15, -0.1) is 11.3 Å². The number of hydrogen-bond acceptors (Lipinski definition) is 5. The van der Waals surface area contributed by atoms with Crippen LogP contribution < -0.4 is 10.6 Å². The third-order valence-electron chi connectivity index (χ3n) is 5.43. The van der Waals surface area contributed by atoms with Crippen LogP contribution in [0.4, 0.5) is 20.8 Å². The zero-order valence-corrected chi connectivity index (χ0v) is 17.1. The monoisotopic (exact) mass is 406 g/mol. The standard InChI is InChI=1S/C23H23FN4S/c1-15-12-19-22(26-20-4-2-3-5-21(20)27-23(19)29-15)28-11-10-25-18(14-28)13-16-6-8-17(24)9-7-16/h2-9,12,18,25,27H,10-11,13-14H2,1H3/t18-/m0/s1. The second-order valence-electron chi connectivity index (χ2n) is 7.61. The van der Waals surface area contributed by atoms with Crippen molar-refractivity contribution in [3.63, 3.8) is 0 Å². The molecule has 0 radical (unpaired) electrons. The number of aryl methyl sites for hydroxylation is 1. The lowest BCUT2D eigenvalue weighted by Crippen LogP contribution is -2.53. The first-order chi connectivity index (χ1) is 14.2. The van der Waals surface area contributed by atoms with Crippen molar-refractivity contribution >= 4 is 33.5 Å². The highest BCUT2D eigenvalue weighted by molar-refractivity contribution is 7.16. The molecule has 2 aliphatic rings. The van der Waals surface area contributed by atoms with Crippen molar-refractivity contribution < 1.29 is 4.39 Å². The second kappa shape index (κ2) is 7.61. The van der Waals surface area contributed by atoms with Gasteiger partial charge in [0.1, 0.15) is 16.7 Å². The summed E-state index contributed by atoms with van der Waals surface area (Å²) in [5.41, 5.74) is 4.33. The van der Waals surface area contributed by atoms with Gasteiger partial charge < -0.3 is 15.5 Å². The summed E-state index contributed by atoms with van der Waals surface area (Å²) in [6.45, 7) is 4.82. The number of rotatable bonds is 2. The van der Waals surface area contributed by atoms with Gasteiger partial charge in [0.05, 0.1) is 16.9 Å². The molecule has 1 aromatic heterocycles. The van der Waals surface area contributed by atoms with E-state index in [-0.39, 0.29) is 5.82 Å². The van der Waals surface area contributed by atoms with Gasteiger partial charge in [-0.05, 0) is 49.2 Å². The molecule has 1 atom stereocenters. The third kappa shape index (κ3) is 3.78. The predicted molar refractivity (Wildman–Crippen MR) is 118 cm³/mol. The van der Waals surface area contributed by atoms with Crippen LogP contribution in [0.1, 0.15) is 16.0 Å². The smallest absolute Gasteiger partial charge is 0.139 e. The van der Waals surface area contributed by atoms with E-state index in [1.54, 1.807) is 11.3 Å². The van der Waals surface area contributed by atoms with Crippen molar-refractivity contribution in [3.05, 3.63) is 76.4 Å². The fourth-order valence-corrected chi connectivity index (χ4v) is 4.97. The minimum atomic E-state index is -0.189. The lowest BCUT2D eigenvalue weighted by Gasteiger charge is -2.36. The molecule has 0 unspecified atom stereocenters. The van der Waals surface area contributed by atoms with Gasteiger partial charge in [0.15, 0.2) is 0 Å². The summed E-state index contributed by atoms with van der Waals surface area (Å²) in [5.74, 6) is 0.846. The van der Waals surface area contributed by atoms with E-state index in [0.29, 0.717) is 6.04 Å². The zero-order valence-electron chi connectivity index (χ0n) is 16.3. The molecule has 5 rings (SSSR count). The van der Waals surface area contributed by atoms with Crippen molar-refractivity contribution in [3.8, 4) is 0 Å². The Labute approximate surface area is 174 Å². The summed E-state index contributed by atoms with van der Waals surface area (Å²) in [5, 5.41) is 8.34. The quantitative estimate of drug-likeness (QED) is 0.639. The number of benzene rings is 2. The van der Waals surface area contributed by atoms with Gasteiger partial charge in [0.2, 0.25) is 0 Å². The van der Waals surface area contributed by atoms with Gasteiger partial charge in [0.25, 0.3) is 0 Å². The number of hydrogen-bond donors (Lipinski definition) is 2. The highest BCUT2D eigenvalue weighted by Gasteiger charge is 2.27. The van der Waals surface area contributed by atoms with E-state index in [2.05, 4.69) is 40.7 Å². The maximum Gasteiger partial charge on any atom is 0.139 e. The first-order valence-electron chi connectivity index (χ1n) is 9.94. The van der Waals surface area contributed by atoms with E-state index >= 15 is 0 Å². The van der Waals surface area contributed by atoms with Crippen LogP contribution in [-0.4, -0.2) is 36.4 Å². The Bertz CT molecular complexity index is 1060. The van der Waals surface area contributed by atoms with Gasteiger partial charge >= 0.3 is 0 Å². The molecule has 0 amide bonds. The topological polar surface area (TPSA) is 39.7 Å². The maximum atomic E-state index is 13.2. The highest BCUT2D eigenvalue weighted by Crippen LogP contribution is 2.39. The molecule has 29 heavy (non-hydrogen) atoms. The minimum Gasteiger partial charge on any atom is -0.353 e. The number of halogens is 1. The first-order valence-corrected chi connectivity index (χ1v) is 10.8. The molecular formula is C23H23FN4S. The molecule has 2 N–H and O–H groups in total. The number of fused-ring (bicyclic) bond motifs is 2. The zero-order chi connectivity index (χ0) is 19.8. The molecule has 0 aliphatic carbocycles. The van der Waals surface area contributed by atoms with Gasteiger partial charge in [-0.25, -0.2) is 9.38 Å². The molecule has 2 aliphatic heterocycles. The number of nitrogens with zero attached hydrogens (tertiary/aromatic N) is 2. The largest absolute Gasteiger partial charge is 0.353 e. The van der Waals surface area contributed by atoms with E-state index in [9.17, 15) is 4.39 Å². The summed E-state index contributed by atoms with van der Waals surface area (Å²) in [6.07, 6.45) is 0.869. The van der Waals surface area contributed by atoms with Crippen molar-refractivity contribution in [2.45, 2.75) is 19.4 Å². The van der Waals surface area contributed by atoms with Crippen LogP contribution >= 0.6 is 11.3 Å². The number of amidine groups is 1. The number of nitrogens with one attached hydrogen (secondary N) is 2. The molecule has 0 bridgehead atoms. The molecule has 0 saturated carbocycles. The predicted octanol–water partition coefficient (Wildman–Crippen LogP) is 4.85. The van der Waals surface area contributed by atoms with E-state index in [1.807, 2.05) is 24.3 Å². The fraction of sp³-hybridized carbons (Fsp3) is 0.261. The molecule has 148 valence electrons. The Morgan fingerprint density at radius 1 is 1.17 bits per heavy atom. The Balaban J connectivity index is 1.45. The second-order valence-corrected chi connectivity index (χ2v) is 8.86. The molecular weight excluding hydrogens is 383 g/mol. The molecule has 1 fully saturated rings. The first kappa shape index (κ1) is 18.3. The van der Waals surface area contributed by atoms with Crippen LogP contribution in [0.5, 0.6) is 0 Å². The summed E-state index contributed by atoms with van der Waals surface area (Å²) in [4.78, 5) is 8.74. The maximum absolute atomic E-state index is 13.2. The summed E-state index contributed by atoms with van der Waals surface area (Å²) in [6, 6.07) is 17.6. The molecule has 3 aromatic rings. The number of thiophene rings is 1. The van der Waals surface area contributed by atoms with Crippen molar-refractivity contribution in [1.29, 1.82) is 0 Å². The van der Waals surface area contributed by atoms with E-state index < -0.39 is 0 Å². The van der Waals surface area contributed by atoms with Gasteiger partial charge in [0, 0.05) is 30.6 Å². The highest BCUT2D eigenvalue weighted by atomic mass is 32.1. The molecule has 0 spiro atoms. The summed E-state index contributed by atoms with van der Waals surface area (Å²) < 4.78 is 13.2. The average Bonchev–Trinajstić information content (AvgIpc) is 3.01. The van der Waals surface area contributed by atoms with Gasteiger partial charge in [-0.2, -0.15) is 0 Å². The van der Waals surface area contributed by atoms with E-state index in [4.69, 9.17) is 4.99 Å². The van der Waals surface area contributed by atoms with Crippen molar-refractivity contribution in [1.82, 2.24) is 10.2 Å². The minimum absolute atomic E-state index is 0.189. The van der Waals surface area contributed by atoms with Crippen LogP contribution in [0.25, 0.3) is 0 Å². The molecule has 2 aromatic carbocycles. The Morgan fingerprint density at radius 3 is 2.86 bits per heavy atom. The fourth-order valence-electron chi connectivity index (χ4n) is 4.05. The van der Waals surface area contributed by atoms with Crippen LogP contribution in [-0.2, 0) is 6.42 Å². The Morgan fingerprint density at radius 2 is 2.00 bits per heavy atom. The van der Waals surface area contributed by atoms with Gasteiger partial charge in [-0.3, -0.25) is 0 Å². The number of anilines is 2. The molecule has 4 nitrogen and oxygen atoms in total. The number of para-hydroxylation sites is 2. The van der Waals surface area contributed by atoms with Crippen LogP contribution in [0.2, 0.25) is 0 Å². The lowest BCUT2D eigenvalue weighted by molar-refractivity contribution is 0.290. The summed E-state index contributed by atoms with van der Waals surface area (Å²) >= 11 is 1.77. The SMILES string of the molecule is Cc1cc2c(s1)Nc1ccccc1N=C2N1CCN[C@@H](Cc2ccc(F)cc2)C1. The molecule has 6 heteroatoms. The normalized spacial score (nSPS) is 18.3. The third-order valence-corrected chi connectivity index (χ3v) is 6.39. The van der Waals surface area contributed by atoms with Crippen molar-refractivity contribution in [2.24, 2.45) is 4.99 Å². The van der Waals surface area contributed by atoms with E-state index in [1.165, 1.54) is 22.6 Å². The average molecular weight is 407 g/mol. The van der Waals surface area contributed by atoms with E-state index in [0.717, 1.165) is 53.8 Å². The van der Waals surface area contributed by atoms with Crippen LogP contribution in [0.15, 0.2) is 59.6 Å². The lowest BCUT2D eigenvalue weighted by atomic mass is 10.0.